The highest BCUT2D eigenvalue weighted by Crippen LogP contribution is 2.34. The van der Waals surface area contributed by atoms with Gasteiger partial charge >= 0.3 is 0 Å². The molecule has 8 heteroatoms. The second-order valence-electron chi connectivity index (χ2n) is 8.36. The Balaban J connectivity index is 1.30. The number of carbonyl (C=O) groups excluding carboxylic acids is 1. The minimum Gasteiger partial charge on any atom is -0.342 e. The van der Waals surface area contributed by atoms with Crippen LogP contribution in [0.15, 0.2) is 27.9 Å². The molecule has 1 aromatic carbocycles. The number of carbonyl (C=O) groups is 1. The van der Waals surface area contributed by atoms with Gasteiger partial charge in [0.05, 0.1) is 26.7 Å². The van der Waals surface area contributed by atoms with Crippen LogP contribution in [0.3, 0.4) is 0 Å². The number of thiazole rings is 2. The summed E-state index contributed by atoms with van der Waals surface area (Å²) >= 11 is 10.9. The largest absolute Gasteiger partial charge is 0.342 e. The molecule has 154 valence electrons. The normalized spacial score (nSPS) is 15.9. The van der Waals surface area contributed by atoms with Gasteiger partial charge in [0.25, 0.3) is 0 Å². The lowest BCUT2D eigenvalue weighted by Gasteiger charge is -2.31. The molecule has 0 bridgehead atoms. The van der Waals surface area contributed by atoms with Gasteiger partial charge in [-0.1, -0.05) is 44.1 Å². The summed E-state index contributed by atoms with van der Waals surface area (Å²) in [4.78, 5) is 24.1. The molecule has 4 nitrogen and oxygen atoms in total. The first kappa shape index (κ1) is 21.1. The van der Waals surface area contributed by atoms with E-state index in [1.54, 1.807) is 22.7 Å². The minimum absolute atomic E-state index is 0.0919. The van der Waals surface area contributed by atoms with E-state index < -0.39 is 0 Å². The third-order valence-electron chi connectivity index (χ3n) is 5.14. The third kappa shape index (κ3) is 4.95. The van der Waals surface area contributed by atoms with Crippen molar-refractivity contribution in [3.8, 4) is 0 Å². The molecule has 0 spiro atoms. The molecule has 0 unspecified atom stereocenters. The van der Waals surface area contributed by atoms with Crippen molar-refractivity contribution in [1.29, 1.82) is 0 Å². The summed E-state index contributed by atoms with van der Waals surface area (Å²) in [6, 6.07) is 5.72. The van der Waals surface area contributed by atoms with Crippen molar-refractivity contribution < 1.29 is 4.79 Å². The van der Waals surface area contributed by atoms with E-state index in [9.17, 15) is 4.79 Å². The van der Waals surface area contributed by atoms with E-state index in [1.165, 1.54) is 22.5 Å². The van der Waals surface area contributed by atoms with Gasteiger partial charge in [-0.05, 0) is 31.0 Å². The number of piperidine rings is 1. The monoisotopic (exact) mass is 465 g/mol. The fourth-order valence-electron chi connectivity index (χ4n) is 3.35. The Morgan fingerprint density at radius 3 is 2.72 bits per heavy atom. The van der Waals surface area contributed by atoms with Crippen LogP contribution in [0.1, 0.15) is 50.2 Å². The lowest BCUT2D eigenvalue weighted by Crippen LogP contribution is -2.38. The van der Waals surface area contributed by atoms with Crippen LogP contribution in [0.2, 0.25) is 5.02 Å². The van der Waals surface area contributed by atoms with E-state index in [4.69, 9.17) is 16.6 Å². The average molecular weight is 466 g/mol. The zero-order chi connectivity index (χ0) is 20.6. The number of benzene rings is 1. The molecule has 0 N–H and O–H groups in total. The standard InChI is InChI=1S/C21H24ClN3OS3/c1-21(2,3)17-11-27-19(24-17)13-6-8-25(9-7-13)18(26)12-28-20-23-15-10-14(22)4-5-16(15)29-20/h4-5,10-11,13H,6-9,12H2,1-3H3. The number of halogens is 1. The maximum atomic E-state index is 12.7. The molecule has 4 rings (SSSR count). The predicted molar refractivity (Wildman–Crippen MR) is 125 cm³/mol. The molecule has 0 aliphatic carbocycles. The smallest absolute Gasteiger partial charge is 0.233 e. The predicted octanol–water partition coefficient (Wildman–Crippen LogP) is 6.20. The molecular weight excluding hydrogens is 442 g/mol. The SMILES string of the molecule is CC(C)(C)c1csc(C2CCN(C(=O)CSc3nc4cc(Cl)ccc4s3)CC2)n1. The van der Waals surface area contributed by atoms with Gasteiger partial charge in [0.15, 0.2) is 4.34 Å². The van der Waals surface area contributed by atoms with Crippen LogP contribution < -0.4 is 0 Å². The highest BCUT2D eigenvalue weighted by atomic mass is 35.5. The van der Waals surface area contributed by atoms with Gasteiger partial charge in [-0.25, -0.2) is 9.97 Å². The summed E-state index contributed by atoms with van der Waals surface area (Å²) in [6.45, 7) is 8.22. The molecule has 1 saturated heterocycles. The van der Waals surface area contributed by atoms with E-state index in [0.717, 1.165) is 40.5 Å². The summed E-state index contributed by atoms with van der Waals surface area (Å²) < 4.78 is 2.02. The van der Waals surface area contributed by atoms with Gasteiger partial charge in [-0.15, -0.1) is 22.7 Å². The lowest BCUT2D eigenvalue weighted by atomic mass is 9.93. The number of amides is 1. The first-order chi connectivity index (χ1) is 13.8. The van der Waals surface area contributed by atoms with Crippen LogP contribution in [0.5, 0.6) is 0 Å². The van der Waals surface area contributed by atoms with Crippen molar-refractivity contribution in [2.24, 2.45) is 0 Å². The summed E-state index contributed by atoms with van der Waals surface area (Å²) in [7, 11) is 0. The number of rotatable bonds is 4. The van der Waals surface area contributed by atoms with Gasteiger partial charge < -0.3 is 4.90 Å². The molecule has 3 aromatic rings. The van der Waals surface area contributed by atoms with Crippen LogP contribution >= 0.6 is 46.0 Å². The second kappa shape index (κ2) is 8.53. The number of likely N-dealkylation sites (tertiary alicyclic amines) is 1. The number of aromatic nitrogens is 2. The van der Waals surface area contributed by atoms with E-state index in [0.29, 0.717) is 16.7 Å². The molecular formula is C21H24ClN3OS3. The third-order valence-corrected chi connectivity index (χ3v) is 8.54. The minimum atomic E-state index is 0.0919. The first-order valence-corrected chi connectivity index (χ1v) is 12.8. The molecule has 0 radical (unpaired) electrons. The Morgan fingerprint density at radius 1 is 1.28 bits per heavy atom. The maximum Gasteiger partial charge on any atom is 0.233 e. The molecule has 1 aliphatic heterocycles. The van der Waals surface area contributed by atoms with Crippen LogP contribution in [0, 0.1) is 0 Å². The van der Waals surface area contributed by atoms with Crippen molar-refractivity contribution >= 4 is 62.2 Å². The molecule has 0 atom stereocenters. The molecule has 29 heavy (non-hydrogen) atoms. The molecule has 0 saturated carbocycles. The highest BCUT2D eigenvalue weighted by Gasteiger charge is 2.27. The van der Waals surface area contributed by atoms with E-state index in [-0.39, 0.29) is 11.3 Å². The zero-order valence-electron chi connectivity index (χ0n) is 16.8. The molecule has 1 fully saturated rings. The van der Waals surface area contributed by atoms with Crippen LogP contribution in [0.4, 0.5) is 0 Å². The van der Waals surface area contributed by atoms with Gasteiger partial charge in [0, 0.05) is 34.8 Å². The number of thioether (sulfide) groups is 1. The van der Waals surface area contributed by atoms with Crippen LogP contribution in [-0.4, -0.2) is 39.6 Å². The van der Waals surface area contributed by atoms with Crippen molar-refractivity contribution in [1.82, 2.24) is 14.9 Å². The van der Waals surface area contributed by atoms with Gasteiger partial charge in [0.2, 0.25) is 5.91 Å². The first-order valence-electron chi connectivity index (χ1n) is 9.72. The Morgan fingerprint density at radius 2 is 2.03 bits per heavy atom. The van der Waals surface area contributed by atoms with Crippen molar-refractivity contribution in [3.05, 3.63) is 39.3 Å². The fraction of sp³-hybridized carbons (Fsp3) is 0.476. The summed E-state index contributed by atoms with van der Waals surface area (Å²) in [6.07, 6.45) is 1.99. The number of hydrogen-bond donors (Lipinski definition) is 0. The second-order valence-corrected chi connectivity index (χ2v) is 11.9. The molecule has 2 aromatic heterocycles. The number of nitrogens with zero attached hydrogens (tertiary/aromatic N) is 3. The number of hydrogen-bond acceptors (Lipinski definition) is 6. The Labute approximate surface area is 188 Å². The Kier molecular flexibility index (Phi) is 6.21. The van der Waals surface area contributed by atoms with E-state index in [1.807, 2.05) is 23.1 Å². The molecule has 3 heterocycles. The quantitative estimate of drug-likeness (QED) is 0.430. The maximum absolute atomic E-state index is 12.7. The summed E-state index contributed by atoms with van der Waals surface area (Å²) in [5.41, 5.74) is 2.16. The van der Waals surface area contributed by atoms with Crippen molar-refractivity contribution in [2.45, 2.75) is 49.3 Å². The Hall–Kier alpha value is -1.15. The van der Waals surface area contributed by atoms with Gasteiger partial charge in [-0.3, -0.25) is 4.79 Å². The van der Waals surface area contributed by atoms with E-state index >= 15 is 0 Å². The fourth-order valence-corrected chi connectivity index (χ4v) is 6.69. The Bertz CT molecular complexity index is 1020. The van der Waals surface area contributed by atoms with Crippen LogP contribution in [-0.2, 0) is 10.2 Å². The molecule has 1 aliphatic rings. The topological polar surface area (TPSA) is 46.1 Å². The van der Waals surface area contributed by atoms with Gasteiger partial charge in [0.1, 0.15) is 0 Å². The highest BCUT2D eigenvalue weighted by molar-refractivity contribution is 8.01. The van der Waals surface area contributed by atoms with Gasteiger partial charge in [-0.2, -0.15) is 0 Å². The molecule has 1 amide bonds. The van der Waals surface area contributed by atoms with Crippen molar-refractivity contribution in [2.75, 3.05) is 18.8 Å². The van der Waals surface area contributed by atoms with E-state index in [2.05, 4.69) is 31.1 Å². The summed E-state index contributed by atoms with van der Waals surface area (Å²) in [5, 5.41) is 4.10. The lowest BCUT2D eigenvalue weighted by molar-refractivity contribution is -0.129. The average Bonchev–Trinajstić information content (AvgIpc) is 3.32. The van der Waals surface area contributed by atoms with Crippen LogP contribution in [0.25, 0.3) is 10.2 Å². The number of fused-ring (bicyclic) bond motifs is 1. The summed E-state index contributed by atoms with van der Waals surface area (Å²) in [5.74, 6) is 1.10. The van der Waals surface area contributed by atoms with Crippen molar-refractivity contribution in [3.63, 3.8) is 0 Å². The zero-order valence-corrected chi connectivity index (χ0v) is 20.0.